The average molecular weight is 256 g/mol. The Morgan fingerprint density at radius 1 is 1.44 bits per heavy atom. The first kappa shape index (κ1) is 15.4. The van der Waals surface area contributed by atoms with Gasteiger partial charge in [0.15, 0.2) is 0 Å². The Balaban J connectivity index is 2.59. The van der Waals surface area contributed by atoms with Crippen LogP contribution in [0.5, 0.6) is 0 Å². The molecule has 1 fully saturated rings. The molecule has 1 heterocycles. The van der Waals surface area contributed by atoms with Crippen LogP contribution in [0.1, 0.15) is 41.0 Å². The molecule has 0 aromatic carbocycles. The van der Waals surface area contributed by atoms with Crippen LogP contribution < -0.4 is 5.32 Å². The maximum absolute atomic E-state index is 11.5. The summed E-state index contributed by atoms with van der Waals surface area (Å²) in [5.41, 5.74) is 0.235. The Kier molecular flexibility index (Phi) is 5.17. The minimum absolute atomic E-state index is 0.0999. The maximum Gasteiger partial charge on any atom is 0.219 e. The van der Waals surface area contributed by atoms with Crippen LogP contribution >= 0.6 is 0 Å². The molecule has 0 aliphatic carbocycles. The van der Waals surface area contributed by atoms with Gasteiger partial charge < -0.3 is 15.3 Å². The lowest BCUT2D eigenvalue weighted by Crippen LogP contribution is -2.53. The summed E-state index contributed by atoms with van der Waals surface area (Å²) in [6.07, 6.45) is 0.587. The number of aliphatic hydroxyl groups is 1. The summed E-state index contributed by atoms with van der Waals surface area (Å²) in [7, 11) is 0. The molecule has 4 heteroatoms. The lowest BCUT2D eigenvalue weighted by Gasteiger charge is -2.39. The number of likely N-dealkylation sites (tertiary alicyclic amines) is 1. The van der Waals surface area contributed by atoms with Gasteiger partial charge in [-0.05, 0) is 18.8 Å². The molecule has 3 unspecified atom stereocenters. The van der Waals surface area contributed by atoms with Crippen molar-refractivity contribution in [3.63, 3.8) is 0 Å². The molecule has 1 rings (SSSR count). The van der Waals surface area contributed by atoms with Crippen LogP contribution in [0, 0.1) is 11.3 Å². The Labute approximate surface area is 111 Å². The highest BCUT2D eigenvalue weighted by Gasteiger charge is 2.31. The Hall–Kier alpha value is -0.610. The zero-order valence-electron chi connectivity index (χ0n) is 12.4. The quantitative estimate of drug-likeness (QED) is 0.799. The lowest BCUT2D eigenvalue weighted by molar-refractivity contribution is -0.132. The predicted octanol–water partition coefficient (Wildman–Crippen LogP) is 1.24. The summed E-state index contributed by atoms with van der Waals surface area (Å²) in [6.45, 7) is 12.4. The Morgan fingerprint density at radius 3 is 2.50 bits per heavy atom. The fraction of sp³-hybridized carbons (Fsp3) is 0.929. The van der Waals surface area contributed by atoms with Crippen LogP contribution in [0.25, 0.3) is 0 Å². The molecule has 0 spiro atoms. The molecule has 2 N–H and O–H groups in total. The summed E-state index contributed by atoms with van der Waals surface area (Å²) in [5.74, 6) is 0.281. The molecule has 1 aliphatic heterocycles. The van der Waals surface area contributed by atoms with Gasteiger partial charge in [0.1, 0.15) is 0 Å². The number of aliphatic hydroxyl groups excluding tert-OH is 1. The molecule has 1 amide bonds. The SMILES string of the molecule is CC(=O)N1CC(NCC(C)(C)C)CC(C(C)O)C1. The van der Waals surface area contributed by atoms with Crippen molar-refractivity contribution in [2.75, 3.05) is 19.6 Å². The number of rotatable bonds is 3. The fourth-order valence-corrected chi connectivity index (χ4v) is 2.34. The number of piperidine rings is 1. The molecule has 0 bridgehead atoms. The minimum Gasteiger partial charge on any atom is -0.393 e. The van der Waals surface area contributed by atoms with Gasteiger partial charge in [-0.15, -0.1) is 0 Å². The van der Waals surface area contributed by atoms with E-state index in [-0.39, 0.29) is 23.3 Å². The van der Waals surface area contributed by atoms with Gasteiger partial charge in [-0.1, -0.05) is 20.8 Å². The van der Waals surface area contributed by atoms with Crippen LogP contribution in [-0.2, 0) is 4.79 Å². The molecule has 0 saturated carbocycles. The van der Waals surface area contributed by atoms with E-state index in [2.05, 4.69) is 26.1 Å². The molecular weight excluding hydrogens is 228 g/mol. The van der Waals surface area contributed by atoms with Gasteiger partial charge in [0.25, 0.3) is 0 Å². The molecule has 0 aromatic rings. The van der Waals surface area contributed by atoms with Crippen LogP contribution in [0.4, 0.5) is 0 Å². The van der Waals surface area contributed by atoms with Crippen molar-refractivity contribution in [2.24, 2.45) is 11.3 Å². The van der Waals surface area contributed by atoms with E-state index >= 15 is 0 Å². The van der Waals surface area contributed by atoms with Crippen molar-refractivity contribution in [3.05, 3.63) is 0 Å². The third-order valence-electron chi connectivity index (χ3n) is 3.53. The first-order valence-corrected chi connectivity index (χ1v) is 6.86. The predicted molar refractivity (Wildman–Crippen MR) is 73.3 cm³/mol. The molecule has 1 saturated heterocycles. The topological polar surface area (TPSA) is 52.6 Å². The zero-order valence-corrected chi connectivity index (χ0v) is 12.4. The first-order valence-electron chi connectivity index (χ1n) is 6.86. The van der Waals surface area contributed by atoms with Crippen molar-refractivity contribution in [2.45, 2.75) is 53.2 Å². The maximum atomic E-state index is 11.5. The van der Waals surface area contributed by atoms with Crippen molar-refractivity contribution < 1.29 is 9.90 Å². The second kappa shape index (κ2) is 6.02. The monoisotopic (exact) mass is 256 g/mol. The second-order valence-corrected chi connectivity index (χ2v) is 6.80. The van der Waals surface area contributed by atoms with Gasteiger partial charge in [0.2, 0.25) is 5.91 Å². The van der Waals surface area contributed by atoms with Crippen LogP contribution in [0.2, 0.25) is 0 Å². The largest absolute Gasteiger partial charge is 0.393 e. The van der Waals surface area contributed by atoms with Crippen LogP contribution in [0.15, 0.2) is 0 Å². The van der Waals surface area contributed by atoms with E-state index in [1.165, 1.54) is 0 Å². The van der Waals surface area contributed by atoms with E-state index in [4.69, 9.17) is 0 Å². The Morgan fingerprint density at radius 2 is 2.06 bits per heavy atom. The fourth-order valence-electron chi connectivity index (χ4n) is 2.34. The highest BCUT2D eigenvalue weighted by Crippen LogP contribution is 2.21. The highest BCUT2D eigenvalue weighted by molar-refractivity contribution is 5.73. The van der Waals surface area contributed by atoms with E-state index in [9.17, 15) is 9.90 Å². The summed E-state index contributed by atoms with van der Waals surface area (Å²) in [5, 5.41) is 13.3. The van der Waals surface area contributed by atoms with Gasteiger partial charge in [-0.25, -0.2) is 0 Å². The normalized spacial score (nSPS) is 27.1. The van der Waals surface area contributed by atoms with Crippen molar-refractivity contribution >= 4 is 5.91 Å². The number of carbonyl (C=O) groups is 1. The van der Waals surface area contributed by atoms with E-state index in [0.29, 0.717) is 12.6 Å². The van der Waals surface area contributed by atoms with Gasteiger partial charge in [-0.3, -0.25) is 4.79 Å². The number of nitrogens with one attached hydrogen (secondary N) is 1. The number of hydrogen-bond donors (Lipinski definition) is 2. The number of nitrogens with zero attached hydrogens (tertiary/aromatic N) is 1. The molecule has 0 radical (unpaired) electrons. The number of amides is 1. The van der Waals surface area contributed by atoms with Gasteiger partial charge >= 0.3 is 0 Å². The smallest absolute Gasteiger partial charge is 0.219 e. The van der Waals surface area contributed by atoms with Gasteiger partial charge in [0, 0.05) is 38.5 Å². The highest BCUT2D eigenvalue weighted by atomic mass is 16.3. The van der Waals surface area contributed by atoms with Crippen LogP contribution in [0.3, 0.4) is 0 Å². The van der Waals surface area contributed by atoms with Gasteiger partial charge in [-0.2, -0.15) is 0 Å². The third-order valence-corrected chi connectivity index (χ3v) is 3.53. The van der Waals surface area contributed by atoms with E-state index < -0.39 is 0 Å². The average Bonchev–Trinajstić information content (AvgIpc) is 2.25. The minimum atomic E-state index is -0.355. The summed E-state index contributed by atoms with van der Waals surface area (Å²) >= 11 is 0. The first-order chi connectivity index (χ1) is 8.19. The van der Waals surface area contributed by atoms with Crippen LogP contribution in [-0.4, -0.2) is 47.7 Å². The molecule has 1 aliphatic rings. The summed E-state index contributed by atoms with van der Waals surface area (Å²) < 4.78 is 0. The summed E-state index contributed by atoms with van der Waals surface area (Å²) in [6, 6.07) is 0.293. The van der Waals surface area contributed by atoms with E-state index in [1.54, 1.807) is 6.92 Å². The number of hydrogen-bond acceptors (Lipinski definition) is 3. The molecule has 18 heavy (non-hydrogen) atoms. The van der Waals surface area contributed by atoms with Crippen molar-refractivity contribution in [3.8, 4) is 0 Å². The number of carbonyl (C=O) groups excluding carboxylic acids is 1. The third kappa shape index (κ3) is 4.94. The molecule has 106 valence electrons. The summed E-state index contributed by atoms with van der Waals surface area (Å²) in [4.78, 5) is 13.4. The molecule has 4 nitrogen and oxygen atoms in total. The zero-order chi connectivity index (χ0) is 13.9. The Bertz CT molecular complexity index is 284. The van der Waals surface area contributed by atoms with E-state index in [0.717, 1.165) is 19.5 Å². The van der Waals surface area contributed by atoms with E-state index in [1.807, 2.05) is 11.8 Å². The lowest BCUT2D eigenvalue weighted by atomic mass is 9.89. The second-order valence-electron chi connectivity index (χ2n) is 6.80. The molecule has 0 aromatic heterocycles. The molecular formula is C14H28N2O2. The molecule has 3 atom stereocenters. The van der Waals surface area contributed by atoms with Gasteiger partial charge in [0.05, 0.1) is 6.10 Å². The van der Waals surface area contributed by atoms with Crippen molar-refractivity contribution in [1.29, 1.82) is 0 Å². The van der Waals surface area contributed by atoms with Crippen molar-refractivity contribution in [1.82, 2.24) is 10.2 Å². The standard InChI is InChI=1S/C14H28N2O2/c1-10(17)12-6-13(15-9-14(3,4)5)8-16(7-12)11(2)18/h10,12-13,15,17H,6-9H2,1-5H3.